The molecule has 0 amide bonds. The minimum atomic E-state index is -4.30. The quantitative estimate of drug-likeness (QED) is 0.764. The molecule has 100 valence electrons. The maximum absolute atomic E-state index is 12.4. The van der Waals surface area contributed by atoms with Crippen LogP contribution in [0.25, 0.3) is 0 Å². The van der Waals surface area contributed by atoms with Crippen LogP contribution in [0.5, 0.6) is 0 Å². The van der Waals surface area contributed by atoms with E-state index in [4.69, 9.17) is 0 Å². The lowest BCUT2D eigenvalue weighted by Crippen LogP contribution is -2.04. The smallest absolute Gasteiger partial charge is 0.355 e. The van der Waals surface area contributed by atoms with Crippen LogP contribution in [-0.4, -0.2) is 0 Å². The zero-order chi connectivity index (χ0) is 14.0. The Morgan fingerprint density at radius 3 is 2.16 bits per heavy atom. The van der Waals surface area contributed by atoms with E-state index >= 15 is 0 Å². The van der Waals surface area contributed by atoms with Gasteiger partial charge in [-0.1, -0.05) is 6.07 Å². The van der Waals surface area contributed by atoms with E-state index in [1.165, 1.54) is 12.1 Å². The number of hydrogen-bond acceptors (Lipinski definition) is 1. The molecule has 0 saturated heterocycles. The van der Waals surface area contributed by atoms with Gasteiger partial charge in [0.2, 0.25) is 0 Å². The SMILES string of the molecule is Cc1ccc(Nc2ccc(C(F)(F)F)cc2)c(Br)c1. The second kappa shape index (κ2) is 5.25. The molecule has 19 heavy (non-hydrogen) atoms. The van der Waals surface area contributed by atoms with E-state index < -0.39 is 11.7 Å². The van der Waals surface area contributed by atoms with Crippen LogP contribution in [0.3, 0.4) is 0 Å². The topological polar surface area (TPSA) is 12.0 Å². The van der Waals surface area contributed by atoms with Crippen molar-refractivity contribution in [2.24, 2.45) is 0 Å². The fraction of sp³-hybridized carbons (Fsp3) is 0.143. The Morgan fingerprint density at radius 1 is 1.00 bits per heavy atom. The van der Waals surface area contributed by atoms with Crippen LogP contribution in [0.2, 0.25) is 0 Å². The molecule has 0 saturated carbocycles. The zero-order valence-electron chi connectivity index (χ0n) is 10.1. The molecule has 1 nitrogen and oxygen atoms in total. The standard InChI is InChI=1S/C14H11BrF3N/c1-9-2-7-13(12(15)8-9)19-11-5-3-10(4-6-11)14(16,17)18/h2-8,19H,1H3. The van der Waals surface area contributed by atoms with Crippen LogP contribution >= 0.6 is 15.9 Å². The summed E-state index contributed by atoms with van der Waals surface area (Å²) in [5, 5.41) is 3.06. The lowest BCUT2D eigenvalue weighted by Gasteiger charge is -2.11. The van der Waals surface area contributed by atoms with Crippen molar-refractivity contribution in [3.63, 3.8) is 0 Å². The number of alkyl halides is 3. The third-order valence-corrected chi connectivity index (χ3v) is 3.27. The van der Waals surface area contributed by atoms with Gasteiger partial charge < -0.3 is 5.32 Å². The number of nitrogens with one attached hydrogen (secondary N) is 1. The highest BCUT2D eigenvalue weighted by Gasteiger charge is 2.29. The highest BCUT2D eigenvalue weighted by molar-refractivity contribution is 9.10. The van der Waals surface area contributed by atoms with E-state index in [2.05, 4.69) is 21.2 Å². The number of benzene rings is 2. The van der Waals surface area contributed by atoms with Gasteiger partial charge in [0.15, 0.2) is 0 Å². The molecule has 0 aliphatic rings. The Balaban J connectivity index is 2.20. The van der Waals surface area contributed by atoms with Gasteiger partial charge in [-0.3, -0.25) is 0 Å². The van der Waals surface area contributed by atoms with Crippen molar-refractivity contribution >= 4 is 27.3 Å². The number of anilines is 2. The molecule has 0 fully saturated rings. The highest BCUT2D eigenvalue weighted by atomic mass is 79.9. The lowest BCUT2D eigenvalue weighted by molar-refractivity contribution is -0.137. The summed E-state index contributed by atoms with van der Waals surface area (Å²) >= 11 is 3.41. The molecule has 5 heteroatoms. The van der Waals surface area contributed by atoms with Gasteiger partial charge >= 0.3 is 6.18 Å². The summed E-state index contributed by atoms with van der Waals surface area (Å²) in [6.07, 6.45) is -4.30. The lowest BCUT2D eigenvalue weighted by atomic mass is 10.2. The van der Waals surface area contributed by atoms with Crippen molar-refractivity contribution in [3.05, 3.63) is 58.1 Å². The molecule has 0 unspecified atom stereocenters. The van der Waals surface area contributed by atoms with Gasteiger partial charge in [-0.25, -0.2) is 0 Å². The van der Waals surface area contributed by atoms with Gasteiger partial charge in [-0.15, -0.1) is 0 Å². The van der Waals surface area contributed by atoms with Crippen molar-refractivity contribution < 1.29 is 13.2 Å². The molecule has 0 spiro atoms. The monoisotopic (exact) mass is 329 g/mol. The summed E-state index contributed by atoms with van der Waals surface area (Å²) in [6, 6.07) is 10.7. The van der Waals surface area contributed by atoms with Gasteiger partial charge in [-0.05, 0) is 64.8 Å². The Labute approximate surface area is 117 Å². The van der Waals surface area contributed by atoms with Crippen LogP contribution in [0.1, 0.15) is 11.1 Å². The maximum atomic E-state index is 12.4. The minimum absolute atomic E-state index is 0.609. The summed E-state index contributed by atoms with van der Waals surface area (Å²) < 4.78 is 38.1. The Hall–Kier alpha value is -1.49. The van der Waals surface area contributed by atoms with E-state index in [-0.39, 0.29) is 0 Å². The molecule has 0 aliphatic carbocycles. The first-order valence-electron chi connectivity index (χ1n) is 5.57. The number of rotatable bonds is 2. The molecule has 0 bridgehead atoms. The summed E-state index contributed by atoms with van der Waals surface area (Å²) in [6.45, 7) is 1.96. The largest absolute Gasteiger partial charge is 0.416 e. The van der Waals surface area contributed by atoms with Crippen LogP contribution in [-0.2, 0) is 6.18 Å². The third-order valence-electron chi connectivity index (χ3n) is 2.62. The second-order valence-corrected chi connectivity index (χ2v) is 5.04. The number of hydrogen-bond donors (Lipinski definition) is 1. The van der Waals surface area contributed by atoms with Gasteiger partial charge in [0.25, 0.3) is 0 Å². The van der Waals surface area contributed by atoms with Crippen molar-refractivity contribution in [2.45, 2.75) is 13.1 Å². The fourth-order valence-corrected chi connectivity index (χ4v) is 2.21. The molecular weight excluding hydrogens is 319 g/mol. The van der Waals surface area contributed by atoms with Crippen molar-refractivity contribution in [1.29, 1.82) is 0 Å². The summed E-state index contributed by atoms with van der Waals surface area (Å²) in [7, 11) is 0. The molecular formula is C14H11BrF3N. The predicted octanol–water partition coefficient (Wildman–Crippen LogP) is 5.52. The number of halogens is 4. The summed E-state index contributed by atoms with van der Waals surface area (Å²) in [5.41, 5.74) is 1.87. The van der Waals surface area contributed by atoms with Crippen molar-refractivity contribution in [1.82, 2.24) is 0 Å². The summed E-state index contributed by atoms with van der Waals surface area (Å²) in [4.78, 5) is 0. The van der Waals surface area contributed by atoms with Crippen LogP contribution in [0.15, 0.2) is 46.9 Å². The van der Waals surface area contributed by atoms with E-state index in [9.17, 15) is 13.2 Å². The second-order valence-electron chi connectivity index (χ2n) is 4.18. The first-order valence-corrected chi connectivity index (χ1v) is 6.36. The van der Waals surface area contributed by atoms with Crippen LogP contribution < -0.4 is 5.32 Å². The van der Waals surface area contributed by atoms with Crippen LogP contribution in [0.4, 0.5) is 24.5 Å². The van der Waals surface area contributed by atoms with Gasteiger partial charge in [0, 0.05) is 10.2 Å². The molecule has 2 rings (SSSR count). The van der Waals surface area contributed by atoms with Gasteiger partial charge in [0.1, 0.15) is 0 Å². The molecule has 0 radical (unpaired) electrons. The van der Waals surface area contributed by atoms with Crippen molar-refractivity contribution in [3.8, 4) is 0 Å². The highest BCUT2D eigenvalue weighted by Crippen LogP contribution is 2.31. The molecule has 0 atom stereocenters. The summed E-state index contributed by atoms with van der Waals surface area (Å²) in [5.74, 6) is 0. The van der Waals surface area contributed by atoms with E-state index in [1.54, 1.807) is 0 Å². The molecule has 2 aromatic rings. The third kappa shape index (κ3) is 3.50. The fourth-order valence-electron chi connectivity index (χ4n) is 1.62. The first kappa shape index (κ1) is 13.9. The van der Waals surface area contributed by atoms with E-state index in [0.717, 1.165) is 27.9 Å². The Bertz CT molecular complexity index is 576. The predicted molar refractivity (Wildman–Crippen MR) is 73.6 cm³/mol. The Morgan fingerprint density at radius 2 is 1.63 bits per heavy atom. The van der Waals surface area contributed by atoms with E-state index in [1.807, 2.05) is 25.1 Å². The zero-order valence-corrected chi connectivity index (χ0v) is 11.6. The molecule has 0 aromatic heterocycles. The minimum Gasteiger partial charge on any atom is -0.355 e. The van der Waals surface area contributed by atoms with Crippen molar-refractivity contribution in [2.75, 3.05) is 5.32 Å². The van der Waals surface area contributed by atoms with Gasteiger partial charge in [-0.2, -0.15) is 13.2 Å². The van der Waals surface area contributed by atoms with Crippen LogP contribution in [0, 0.1) is 6.92 Å². The van der Waals surface area contributed by atoms with Gasteiger partial charge in [0.05, 0.1) is 11.3 Å². The Kier molecular flexibility index (Phi) is 3.85. The first-order chi connectivity index (χ1) is 8.86. The van der Waals surface area contributed by atoms with E-state index in [0.29, 0.717) is 5.69 Å². The normalized spacial score (nSPS) is 11.4. The number of aryl methyl sites for hydroxylation is 1. The molecule has 0 aliphatic heterocycles. The molecule has 1 N–H and O–H groups in total. The maximum Gasteiger partial charge on any atom is 0.416 e. The average molecular weight is 330 g/mol. The average Bonchev–Trinajstić information content (AvgIpc) is 2.32. The molecule has 2 aromatic carbocycles. The molecule has 0 heterocycles.